The second-order valence-corrected chi connectivity index (χ2v) is 15.3. The average molecular weight is 703 g/mol. The highest BCUT2D eigenvalue weighted by Gasteiger charge is 2.32. The molecule has 0 saturated heterocycles. The number of anilines is 2. The summed E-state index contributed by atoms with van der Waals surface area (Å²) in [5, 5.41) is 17.5. The second-order valence-electron chi connectivity index (χ2n) is 12.0. The highest BCUT2D eigenvalue weighted by molar-refractivity contribution is 7.91. The molecule has 2 heterocycles. The Kier molecular flexibility index (Phi) is 13.2. The number of likely N-dealkylation sites (N-methyl/N-ethyl adjacent to an activating group) is 1. The van der Waals surface area contributed by atoms with Gasteiger partial charge in [-0.05, 0) is 87.0 Å². The Labute approximate surface area is 287 Å². The van der Waals surface area contributed by atoms with Gasteiger partial charge in [0.25, 0.3) is 15.9 Å². The van der Waals surface area contributed by atoms with Crippen LogP contribution in [-0.4, -0.2) is 93.4 Å². The molecule has 1 aliphatic rings. The molecule has 1 aliphatic heterocycles. The molecule has 12 nitrogen and oxygen atoms in total. The van der Waals surface area contributed by atoms with Crippen LogP contribution in [0.2, 0.25) is 0 Å². The van der Waals surface area contributed by atoms with E-state index in [1.807, 2.05) is 13.8 Å². The zero-order valence-electron chi connectivity index (χ0n) is 28.0. The summed E-state index contributed by atoms with van der Waals surface area (Å²) in [6.45, 7) is 5.96. The first-order valence-electron chi connectivity index (χ1n) is 16.0. The number of ether oxygens (including phenoxy) is 3. The van der Waals surface area contributed by atoms with Crippen LogP contribution in [0.5, 0.6) is 11.5 Å². The van der Waals surface area contributed by atoms with Crippen molar-refractivity contribution in [3.63, 3.8) is 0 Å². The SMILES string of the molecule is COc1ccc(NC(=O)Nc2ccc3c(c2)C(=O)N([C@H](C)CO)C[C@@H](C)[C@@H](CN(C)S(=O)(=O)c2cccs2)OCCCC[C@H](C)O3)cc1. The van der Waals surface area contributed by atoms with Crippen LogP contribution >= 0.6 is 11.3 Å². The highest BCUT2D eigenvalue weighted by Crippen LogP contribution is 2.29. The van der Waals surface area contributed by atoms with Gasteiger partial charge in [-0.1, -0.05) is 13.0 Å². The quantitative estimate of drug-likeness (QED) is 0.264. The van der Waals surface area contributed by atoms with Crippen molar-refractivity contribution in [3.05, 3.63) is 65.5 Å². The molecule has 3 aromatic rings. The normalized spacial score (nSPS) is 20.3. The molecule has 0 aliphatic carbocycles. The van der Waals surface area contributed by atoms with E-state index in [-0.39, 0.29) is 41.5 Å². The molecule has 3 N–H and O–H groups in total. The lowest BCUT2D eigenvalue weighted by atomic mass is 10.0. The summed E-state index contributed by atoms with van der Waals surface area (Å²) < 4.78 is 45.8. The summed E-state index contributed by atoms with van der Waals surface area (Å²) >= 11 is 1.15. The number of fused-ring (bicyclic) bond motifs is 1. The summed E-state index contributed by atoms with van der Waals surface area (Å²) in [5.41, 5.74) is 1.16. The van der Waals surface area contributed by atoms with Crippen LogP contribution in [-0.2, 0) is 14.8 Å². The number of amides is 3. The predicted molar refractivity (Wildman–Crippen MR) is 187 cm³/mol. The summed E-state index contributed by atoms with van der Waals surface area (Å²) in [4.78, 5) is 28.8. The van der Waals surface area contributed by atoms with Crippen molar-refractivity contribution in [1.29, 1.82) is 0 Å². The van der Waals surface area contributed by atoms with Gasteiger partial charge in [0.1, 0.15) is 15.7 Å². The van der Waals surface area contributed by atoms with Gasteiger partial charge in [0.2, 0.25) is 0 Å². The van der Waals surface area contributed by atoms with E-state index < -0.39 is 34.1 Å². The zero-order valence-corrected chi connectivity index (χ0v) is 29.7. The predicted octanol–water partition coefficient (Wildman–Crippen LogP) is 5.52. The van der Waals surface area contributed by atoms with E-state index in [1.165, 1.54) is 11.4 Å². The smallest absolute Gasteiger partial charge is 0.323 e. The third kappa shape index (κ3) is 9.69. The Balaban J connectivity index is 1.61. The Hall–Kier alpha value is -3.69. The molecule has 3 amide bonds. The third-order valence-corrected chi connectivity index (χ3v) is 11.5. The number of sulfonamides is 1. The van der Waals surface area contributed by atoms with Crippen molar-refractivity contribution in [1.82, 2.24) is 9.21 Å². The number of methoxy groups -OCH3 is 1. The summed E-state index contributed by atoms with van der Waals surface area (Å²) in [7, 11) is -0.628. The monoisotopic (exact) mass is 702 g/mol. The third-order valence-electron chi connectivity index (χ3n) is 8.25. The topological polar surface area (TPSA) is 147 Å². The first-order chi connectivity index (χ1) is 22.9. The van der Waals surface area contributed by atoms with Gasteiger partial charge in [-0.3, -0.25) is 4.79 Å². The van der Waals surface area contributed by atoms with Gasteiger partial charge in [0.15, 0.2) is 0 Å². The lowest BCUT2D eigenvalue weighted by Crippen LogP contribution is -2.48. The number of rotatable bonds is 9. The molecular formula is C34H46N4O8S2. The van der Waals surface area contributed by atoms with Crippen LogP contribution in [0.25, 0.3) is 0 Å². The van der Waals surface area contributed by atoms with E-state index in [1.54, 1.807) is 78.9 Å². The van der Waals surface area contributed by atoms with Gasteiger partial charge in [0.05, 0.1) is 37.5 Å². The molecule has 4 rings (SSSR count). The minimum Gasteiger partial charge on any atom is -0.497 e. The maximum absolute atomic E-state index is 14.3. The van der Waals surface area contributed by atoms with E-state index in [9.17, 15) is 23.1 Å². The fraction of sp³-hybridized carbons (Fsp3) is 0.471. The minimum absolute atomic E-state index is 0.0877. The van der Waals surface area contributed by atoms with Gasteiger partial charge >= 0.3 is 6.03 Å². The highest BCUT2D eigenvalue weighted by atomic mass is 32.2. The van der Waals surface area contributed by atoms with Crippen LogP contribution in [0.1, 0.15) is 50.4 Å². The van der Waals surface area contributed by atoms with E-state index in [2.05, 4.69) is 10.6 Å². The Bertz CT molecular complexity index is 1600. The number of nitrogens with zero attached hydrogens (tertiary/aromatic N) is 2. The molecule has 0 saturated carbocycles. The molecule has 48 heavy (non-hydrogen) atoms. The number of thiophene rings is 1. The largest absolute Gasteiger partial charge is 0.497 e. The first kappa shape index (κ1) is 37.1. The van der Waals surface area contributed by atoms with Crippen LogP contribution < -0.4 is 20.1 Å². The van der Waals surface area contributed by atoms with E-state index in [0.29, 0.717) is 35.9 Å². The lowest BCUT2D eigenvalue weighted by Gasteiger charge is -2.35. The number of aliphatic hydroxyl groups excluding tert-OH is 1. The van der Waals surface area contributed by atoms with E-state index in [0.717, 1.165) is 24.2 Å². The number of urea groups is 1. The van der Waals surface area contributed by atoms with Crippen LogP contribution in [0, 0.1) is 5.92 Å². The molecule has 0 radical (unpaired) electrons. The number of benzene rings is 2. The summed E-state index contributed by atoms with van der Waals surface area (Å²) in [5.74, 6) is 0.305. The number of carbonyl (C=O) groups is 2. The fourth-order valence-electron chi connectivity index (χ4n) is 5.35. The molecule has 14 heteroatoms. The summed E-state index contributed by atoms with van der Waals surface area (Å²) in [6, 6.07) is 14.0. The Morgan fingerprint density at radius 3 is 2.50 bits per heavy atom. The molecule has 2 aromatic carbocycles. The molecule has 0 bridgehead atoms. The van der Waals surface area contributed by atoms with Crippen molar-refractivity contribution < 1.29 is 37.3 Å². The maximum Gasteiger partial charge on any atom is 0.323 e. The van der Waals surface area contributed by atoms with Gasteiger partial charge in [-0.2, -0.15) is 4.31 Å². The van der Waals surface area contributed by atoms with Crippen molar-refractivity contribution in [2.75, 3.05) is 51.1 Å². The zero-order chi connectivity index (χ0) is 34.8. The number of aliphatic hydroxyl groups is 1. The van der Waals surface area contributed by atoms with Crippen molar-refractivity contribution in [2.24, 2.45) is 5.92 Å². The van der Waals surface area contributed by atoms with E-state index >= 15 is 0 Å². The molecule has 0 unspecified atom stereocenters. The number of hydrogen-bond acceptors (Lipinski definition) is 9. The number of carbonyl (C=O) groups excluding carboxylic acids is 2. The lowest BCUT2D eigenvalue weighted by molar-refractivity contribution is -0.00832. The number of hydrogen-bond donors (Lipinski definition) is 3. The fourth-order valence-corrected chi connectivity index (χ4v) is 7.73. The molecular weight excluding hydrogens is 657 g/mol. The average Bonchev–Trinajstić information content (AvgIpc) is 3.62. The second kappa shape index (κ2) is 17.1. The molecule has 1 aromatic heterocycles. The molecule has 262 valence electrons. The van der Waals surface area contributed by atoms with Gasteiger partial charge in [-0.15, -0.1) is 11.3 Å². The van der Waals surface area contributed by atoms with Gasteiger partial charge in [0, 0.05) is 44.0 Å². The van der Waals surface area contributed by atoms with Crippen molar-refractivity contribution in [2.45, 2.75) is 62.5 Å². The van der Waals surface area contributed by atoms with Gasteiger partial charge < -0.3 is 34.9 Å². The standard InChI is InChI=1S/C34H46N4O8S2/c1-23-20-38(24(2)22-39)33(40)29-19-27(36-34(41)35-26-11-14-28(44-5)15-12-26)13-16-30(29)46-25(3)9-6-7-17-45-31(23)21-37(4)48(42,43)32-10-8-18-47-32/h8,10-16,18-19,23-25,31,39H,6-7,9,17,20-22H2,1-5H3,(H2,35,36,41)/t23-,24-,25+,31-/m1/s1. The Morgan fingerprint density at radius 1 is 1.12 bits per heavy atom. The minimum atomic E-state index is -3.72. The summed E-state index contributed by atoms with van der Waals surface area (Å²) in [6.07, 6.45) is 1.49. The molecule has 0 fully saturated rings. The van der Waals surface area contributed by atoms with Gasteiger partial charge in [-0.25, -0.2) is 13.2 Å². The van der Waals surface area contributed by atoms with E-state index in [4.69, 9.17) is 14.2 Å². The van der Waals surface area contributed by atoms with Crippen LogP contribution in [0.3, 0.4) is 0 Å². The van der Waals surface area contributed by atoms with Crippen LogP contribution in [0.4, 0.5) is 16.2 Å². The molecule has 0 spiro atoms. The number of nitrogens with one attached hydrogen (secondary N) is 2. The van der Waals surface area contributed by atoms with Crippen molar-refractivity contribution >= 4 is 44.7 Å². The first-order valence-corrected chi connectivity index (χ1v) is 18.3. The Morgan fingerprint density at radius 2 is 1.83 bits per heavy atom. The maximum atomic E-state index is 14.3. The molecule has 4 atom stereocenters. The van der Waals surface area contributed by atoms with Crippen molar-refractivity contribution in [3.8, 4) is 11.5 Å². The van der Waals surface area contributed by atoms with Crippen LogP contribution in [0.15, 0.2) is 64.2 Å².